The average Bonchev–Trinajstić information content (AvgIpc) is 2.70. The molecule has 1 saturated carbocycles. The zero-order valence-corrected chi connectivity index (χ0v) is 11.2. The van der Waals surface area contributed by atoms with Gasteiger partial charge in [-0.1, -0.05) is 44.2 Å². The fourth-order valence-electron chi connectivity index (χ4n) is 2.52. The molecule has 18 heavy (non-hydrogen) atoms. The lowest BCUT2D eigenvalue weighted by atomic mass is 9.82. The van der Waals surface area contributed by atoms with E-state index in [1.807, 2.05) is 4.68 Å². The summed E-state index contributed by atoms with van der Waals surface area (Å²) in [6.07, 6.45) is 9.95. The second kappa shape index (κ2) is 6.53. The third-order valence-electron chi connectivity index (χ3n) is 3.84. The minimum Gasteiger partial charge on any atom is -0.248 e. The van der Waals surface area contributed by atoms with Gasteiger partial charge in [-0.05, 0) is 19.3 Å². The number of aryl methyl sites for hydroxylation is 1. The van der Waals surface area contributed by atoms with Crippen LogP contribution in [0.3, 0.4) is 0 Å². The molecule has 4 nitrogen and oxygen atoms in total. The van der Waals surface area contributed by atoms with Crippen LogP contribution in [0.5, 0.6) is 0 Å². The zero-order chi connectivity index (χ0) is 12.8. The van der Waals surface area contributed by atoms with Gasteiger partial charge in [0.1, 0.15) is 6.07 Å². The Morgan fingerprint density at radius 3 is 2.67 bits per heavy atom. The van der Waals surface area contributed by atoms with Crippen molar-refractivity contribution < 1.29 is 0 Å². The van der Waals surface area contributed by atoms with Gasteiger partial charge in [-0.25, -0.2) is 4.68 Å². The van der Waals surface area contributed by atoms with Crippen LogP contribution in [-0.4, -0.2) is 15.0 Å². The van der Waals surface area contributed by atoms with Gasteiger partial charge in [0.05, 0.1) is 5.69 Å². The van der Waals surface area contributed by atoms with Crippen LogP contribution in [0.1, 0.15) is 75.6 Å². The van der Waals surface area contributed by atoms with Crippen molar-refractivity contribution in [2.45, 2.75) is 70.8 Å². The minimum atomic E-state index is 0.533. The standard InChI is InChI=1S/C14H22N4/c1-2-3-4-5-6-10-18-14(12-8-7-9-12)13(11-15)16-17-18/h12H,2-10H2,1H3. The fraction of sp³-hybridized carbons (Fsp3) is 0.786. The summed E-state index contributed by atoms with van der Waals surface area (Å²) in [5, 5.41) is 17.2. The Bertz CT molecular complexity index is 412. The van der Waals surface area contributed by atoms with Crippen LogP contribution in [0.25, 0.3) is 0 Å². The van der Waals surface area contributed by atoms with E-state index in [9.17, 15) is 0 Å². The van der Waals surface area contributed by atoms with E-state index in [1.54, 1.807) is 0 Å². The van der Waals surface area contributed by atoms with E-state index in [1.165, 1.54) is 44.9 Å². The van der Waals surface area contributed by atoms with E-state index in [4.69, 9.17) is 5.26 Å². The van der Waals surface area contributed by atoms with E-state index in [2.05, 4.69) is 23.3 Å². The van der Waals surface area contributed by atoms with Gasteiger partial charge in [-0.2, -0.15) is 5.26 Å². The normalized spacial score (nSPS) is 15.3. The summed E-state index contributed by atoms with van der Waals surface area (Å²) >= 11 is 0. The first-order chi connectivity index (χ1) is 8.86. The van der Waals surface area contributed by atoms with Crippen LogP contribution in [0.2, 0.25) is 0 Å². The van der Waals surface area contributed by atoms with Crippen LogP contribution in [0.15, 0.2) is 0 Å². The van der Waals surface area contributed by atoms with Crippen molar-refractivity contribution in [1.29, 1.82) is 5.26 Å². The monoisotopic (exact) mass is 246 g/mol. The van der Waals surface area contributed by atoms with Gasteiger partial charge in [0, 0.05) is 12.5 Å². The van der Waals surface area contributed by atoms with E-state index >= 15 is 0 Å². The van der Waals surface area contributed by atoms with Gasteiger partial charge in [-0.15, -0.1) is 5.10 Å². The number of aromatic nitrogens is 3. The third-order valence-corrected chi connectivity index (χ3v) is 3.84. The molecular weight excluding hydrogens is 224 g/mol. The van der Waals surface area contributed by atoms with Crippen molar-refractivity contribution >= 4 is 0 Å². The predicted molar refractivity (Wildman–Crippen MR) is 70.1 cm³/mol. The van der Waals surface area contributed by atoms with Crippen molar-refractivity contribution in [3.8, 4) is 6.07 Å². The molecule has 2 rings (SSSR count). The number of hydrogen-bond acceptors (Lipinski definition) is 3. The molecule has 1 aromatic heterocycles. The molecule has 1 aliphatic rings. The maximum absolute atomic E-state index is 9.08. The molecule has 0 atom stereocenters. The summed E-state index contributed by atoms with van der Waals surface area (Å²) in [6, 6.07) is 2.18. The summed E-state index contributed by atoms with van der Waals surface area (Å²) in [5.74, 6) is 0.533. The molecule has 1 aliphatic carbocycles. The molecule has 1 heterocycles. The SMILES string of the molecule is CCCCCCCn1nnc(C#N)c1C1CCC1. The summed E-state index contributed by atoms with van der Waals surface area (Å²) in [5.41, 5.74) is 1.65. The van der Waals surface area contributed by atoms with E-state index in [0.717, 1.165) is 18.7 Å². The second-order valence-electron chi connectivity index (χ2n) is 5.20. The molecule has 0 amide bonds. The molecule has 0 N–H and O–H groups in total. The first kappa shape index (κ1) is 13.1. The second-order valence-corrected chi connectivity index (χ2v) is 5.20. The highest BCUT2D eigenvalue weighted by Gasteiger charge is 2.27. The van der Waals surface area contributed by atoms with E-state index in [-0.39, 0.29) is 0 Å². The van der Waals surface area contributed by atoms with Crippen molar-refractivity contribution in [3.63, 3.8) is 0 Å². The Balaban J connectivity index is 1.91. The molecule has 0 saturated heterocycles. The Hall–Kier alpha value is -1.37. The first-order valence-corrected chi connectivity index (χ1v) is 7.20. The average molecular weight is 246 g/mol. The lowest BCUT2D eigenvalue weighted by Crippen LogP contribution is -2.16. The van der Waals surface area contributed by atoms with Crippen LogP contribution in [-0.2, 0) is 6.54 Å². The number of nitrogens with zero attached hydrogens (tertiary/aromatic N) is 4. The largest absolute Gasteiger partial charge is 0.248 e. The maximum Gasteiger partial charge on any atom is 0.186 e. The van der Waals surface area contributed by atoms with E-state index < -0.39 is 0 Å². The summed E-state index contributed by atoms with van der Waals surface area (Å²) in [6.45, 7) is 3.15. The Morgan fingerprint density at radius 2 is 2.06 bits per heavy atom. The molecule has 4 heteroatoms. The molecule has 98 valence electrons. The van der Waals surface area contributed by atoms with Gasteiger partial charge in [0.25, 0.3) is 0 Å². The highest BCUT2D eigenvalue weighted by molar-refractivity contribution is 5.28. The third kappa shape index (κ3) is 2.90. The molecule has 1 aromatic rings. The summed E-state index contributed by atoms with van der Waals surface area (Å²) < 4.78 is 1.98. The predicted octanol–water partition coefficient (Wildman–Crippen LogP) is 3.39. The Morgan fingerprint density at radius 1 is 1.28 bits per heavy atom. The molecule has 0 radical (unpaired) electrons. The zero-order valence-electron chi connectivity index (χ0n) is 11.2. The molecule has 0 bridgehead atoms. The van der Waals surface area contributed by atoms with Gasteiger partial charge >= 0.3 is 0 Å². The molecule has 0 aromatic carbocycles. The van der Waals surface area contributed by atoms with Crippen LogP contribution >= 0.6 is 0 Å². The highest BCUT2D eigenvalue weighted by atomic mass is 15.4. The van der Waals surface area contributed by atoms with Crippen molar-refractivity contribution in [1.82, 2.24) is 15.0 Å². The van der Waals surface area contributed by atoms with Gasteiger partial charge in [0.15, 0.2) is 5.69 Å². The quantitative estimate of drug-likeness (QED) is 0.693. The van der Waals surface area contributed by atoms with Crippen LogP contribution in [0, 0.1) is 11.3 Å². The number of unbranched alkanes of at least 4 members (excludes halogenated alkanes) is 4. The van der Waals surface area contributed by atoms with E-state index in [0.29, 0.717) is 11.6 Å². The van der Waals surface area contributed by atoms with Gasteiger partial charge < -0.3 is 0 Å². The number of nitriles is 1. The highest BCUT2D eigenvalue weighted by Crippen LogP contribution is 2.37. The Labute approximate surface area is 109 Å². The molecule has 1 fully saturated rings. The summed E-state index contributed by atoms with van der Waals surface area (Å²) in [7, 11) is 0. The molecule has 0 aliphatic heterocycles. The van der Waals surface area contributed by atoms with Crippen LogP contribution in [0.4, 0.5) is 0 Å². The Kier molecular flexibility index (Phi) is 4.74. The topological polar surface area (TPSA) is 54.5 Å². The van der Waals surface area contributed by atoms with Crippen molar-refractivity contribution in [2.24, 2.45) is 0 Å². The first-order valence-electron chi connectivity index (χ1n) is 7.20. The van der Waals surface area contributed by atoms with Crippen molar-refractivity contribution in [3.05, 3.63) is 11.4 Å². The fourth-order valence-corrected chi connectivity index (χ4v) is 2.52. The smallest absolute Gasteiger partial charge is 0.186 e. The number of hydrogen-bond donors (Lipinski definition) is 0. The lowest BCUT2D eigenvalue weighted by Gasteiger charge is -2.25. The maximum atomic E-state index is 9.08. The van der Waals surface area contributed by atoms with Crippen LogP contribution < -0.4 is 0 Å². The molecule has 0 unspecified atom stereocenters. The minimum absolute atomic E-state index is 0.533. The number of rotatable bonds is 7. The lowest BCUT2D eigenvalue weighted by molar-refractivity contribution is 0.382. The van der Waals surface area contributed by atoms with Gasteiger partial charge in [-0.3, -0.25) is 0 Å². The van der Waals surface area contributed by atoms with Crippen molar-refractivity contribution in [2.75, 3.05) is 0 Å². The van der Waals surface area contributed by atoms with Gasteiger partial charge in [0.2, 0.25) is 0 Å². The summed E-state index contributed by atoms with van der Waals surface area (Å²) in [4.78, 5) is 0. The molecular formula is C14H22N4. The molecule has 0 spiro atoms.